The standard InChI is InChI=1S/C15H28N2OS.C11H22O.C7H16.C2H6/c1-4-7-9-10-12-18-15(16)14(17-19)13(6-3)11-8-5-2;1-3-5-6-7-8-9-10-11(12)4-2;1-4-6-7(3)5-2;1-2/h11,16,19H,4-10,12H2,1-3H3;3-10H2,1-2H3;7H,4-6H2,1-3H3;1-2H3/b13-11+,16-15?,17-14-;;;. The minimum Gasteiger partial charge on any atom is -0.477 e. The molecule has 0 aliphatic rings. The van der Waals surface area contributed by atoms with E-state index in [-0.39, 0.29) is 5.90 Å². The monoisotopic (exact) mass is 585 g/mol. The Morgan fingerprint density at radius 3 is 1.77 bits per heavy atom. The number of allylic oxidation sites excluding steroid dienone is 1. The number of rotatable bonds is 21. The average Bonchev–Trinajstić information content (AvgIpc) is 2.98. The molecule has 0 fully saturated rings. The second kappa shape index (κ2) is 40.0. The smallest absolute Gasteiger partial charge is 0.233 e. The van der Waals surface area contributed by atoms with Crippen LogP contribution in [0.4, 0.5) is 0 Å². The van der Waals surface area contributed by atoms with Gasteiger partial charge in [-0.2, -0.15) is 0 Å². The van der Waals surface area contributed by atoms with Crippen LogP contribution in [-0.2, 0) is 9.53 Å². The van der Waals surface area contributed by atoms with E-state index in [1.807, 2.05) is 20.8 Å². The van der Waals surface area contributed by atoms with Crippen molar-refractivity contribution in [1.29, 1.82) is 5.41 Å². The molecule has 0 spiro atoms. The van der Waals surface area contributed by atoms with Crippen LogP contribution in [0.3, 0.4) is 0 Å². The van der Waals surface area contributed by atoms with Gasteiger partial charge < -0.3 is 4.74 Å². The first-order valence-electron chi connectivity index (χ1n) is 17.0. The molecule has 0 amide bonds. The number of ether oxygens (including phenoxy) is 1. The van der Waals surface area contributed by atoms with E-state index < -0.39 is 0 Å². The molecule has 0 heterocycles. The molecule has 4 nitrogen and oxygen atoms in total. The van der Waals surface area contributed by atoms with Crippen molar-refractivity contribution in [3.8, 4) is 0 Å². The van der Waals surface area contributed by atoms with Crippen LogP contribution in [0.15, 0.2) is 16.0 Å². The van der Waals surface area contributed by atoms with Crippen LogP contribution < -0.4 is 0 Å². The van der Waals surface area contributed by atoms with Crippen molar-refractivity contribution in [2.75, 3.05) is 6.61 Å². The number of Topliss-reactive ketones (excluding diaryl/α,β-unsaturated/α-hetero) is 1. The fraction of sp³-hybridized carbons (Fsp3) is 0.857. The lowest BCUT2D eigenvalue weighted by molar-refractivity contribution is -0.118. The van der Waals surface area contributed by atoms with Crippen LogP contribution >= 0.6 is 12.8 Å². The molecule has 1 unspecified atom stereocenters. The highest BCUT2D eigenvalue weighted by Gasteiger charge is 2.12. The number of hydrogen-bond donors (Lipinski definition) is 2. The second-order valence-corrected chi connectivity index (χ2v) is 10.5. The minimum atomic E-state index is 0.149. The zero-order valence-corrected chi connectivity index (χ0v) is 29.7. The fourth-order valence-corrected chi connectivity index (χ4v) is 3.95. The van der Waals surface area contributed by atoms with Gasteiger partial charge >= 0.3 is 0 Å². The molecule has 0 bridgehead atoms. The Bertz CT molecular complexity index is 588. The zero-order chi connectivity index (χ0) is 31.4. The Labute approximate surface area is 258 Å². The van der Waals surface area contributed by atoms with Gasteiger partial charge in [0.15, 0.2) is 0 Å². The Morgan fingerprint density at radius 2 is 1.35 bits per heavy atom. The molecule has 240 valence electrons. The predicted octanol–water partition coefficient (Wildman–Crippen LogP) is 12.6. The van der Waals surface area contributed by atoms with Gasteiger partial charge in [-0.1, -0.05) is 152 Å². The van der Waals surface area contributed by atoms with Crippen LogP contribution in [-0.4, -0.2) is 24.0 Å². The lowest BCUT2D eigenvalue weighted by Crippen LogP contribution is -2.19. The van der Waals surface area contributed by atoms with Gasteiger partial charge in [-0.3, -0.25) is 10.2 Å². The molecule has 0 aliphatic heterocycles. The summed E-state index contributed by atoms with van der Waals surface area (Å²) in [6.07, 6.45) is 22.9. The van der Waals surface area contributed by atoms with Crippen LogP contribution in [0.5, 0.6) is 0 Å². The summed E-state index contributed by atoms with van der Waals surface area (Å²) in [6.45, 7) is 21.9. The largest absolute Gasteiger partial charge is 0.477 e. The third-order valence-electron chi connectivity index (χ3n) is 6.61. The predicted molar refractivity (Wildman–Crippen MR) is 187 cm³/mol. The van der Waals surface area contributed by atoms with Crippen LogP contribution in [0.1, 0.15) is 185 Å². The molecule has 0 rings (SSSR count). The van der Waals surface area contributed by atoms with E-state index >= 15 is 0 Å². The summed E-state index contributed by atoms with van der Waals surface area (Å²) < 4.78 is 9.39. The first-order valence-corrected chi connectivity index (χ1v) is 17.4. The Hall–Kier alpha value is -1.10. The molecule has 0 aromatic rings. The topological polar surface area (TPSA) is 62.5 Å². The van der Waals surface area contributed by atoms with Crippen molar-refractivity contribution in [2.24, 2.45) is 10.3 Å². The maximum atomic E-state index is 10.9. The SMILES string of the molecule is CC.CCC/C=C(CC)/C(=N/S)C(=N)OCCCCCC.CCCC(C)CC.CCCCCCCCC(=O)CC. The molecule has 40 heavy (non-hydrogen) atoms. The van der Waals surface area contributed by atoms with Crippen LogP contribution in [0.25, 0.3) is 0 Å². The molecule has 5 heteroatoms. The van der Waals surface area contributed by atoms with E-state index in [0.717, 1.165) is 62.9 Å². The summed E-state index contributed by atoms with van der Waals surface area (Å²) in [5.74, 6) is 1.52. The summed E-state index contributed by atoms with van der Waals surface area (Å²) in [7, 11) is 0. The molecule has 0 aromatic carbocycles. The molecule has 0 radical (unpaired) electrons. The molecule has 0 saturated heterocycles. The van der Waals surface area contributed by atoms with Gasteiger partial charge in [0.25, 0.3) is 0 Å². The van der Waals surface area contributed by atoms with Gasteiger partial charge in [0.2, 0.25) is 5.90 Å². The highest BCUT2D eigenvalue weighted by Crippen LogP contribution is 2.11. The number of nitrogens with zero attached hydrogens (tertiary/aromatic N) is 1. The number of carbonyl (C=O) groups excluding carboxylic acids is 1. The Kier molecular flexibility index (Phi) is 45.9. The lowest BCUT2D eigenvalue weighted by Gasteiger charge is -2.11. The molecule has 0 saturated carbocycles. The molecular formula is C35H72N2O2S. The normalized spacial score (nSPS) is 11.7. The van der Waals surface area contributed by atoms with Crippen molar-refractivity contribution >= 4 is 30.2 Å². The van der Waals surface area contributed by atoms with Crippen molar-refractivity contribution in [3.05, 3.63) is 11.6 Å². The van der Waals surface area contributed by atoms with Crippen molar-refractivity contribution in [2.45, 2.75) is 185 Å². The first-order chi connectivity index (χ1) is 19.3. The van der Waals surface area contributed by atoms with Crippen molar-refractivity contribution in [1.82, 2.24) is 0 Å². The summed E-state index contributed by atoms with van der Waals surface area (Å²) in [5, 5.41) is 7.95. The van der Waals surface area contributed by atoms with E-state index in [2.05, 4.69) is 71.8 Å². The quantitative estimate of drug-likeness (QED) is 0.0610. The third kappa shape index (κ3) is 34.9. The number of unbranched alkanes of at least 4 members (excludes halogenated alkanes) is 9. The number of nitrogens with one attached hydrogen (secondary N) is 1. The number of thiol groups is 1. The number of carbonyl (C=O) groups is 1. The van der Waals surface area contributed by atoms with E-state index in [0.29, 0.717) is 18.1 Å². The lowest BCUT2D eigenvalue weighted by atomic mass is 10.0. The minimum absolute atomic E-state index is 0.149. The van der Waals surface area contributed by atoms with Gasteiger partial charge in [0.1, 0.15) is 11.5 Å². The fourth-order valence-electron chi connectivity index (χ4n) is 3.73. The van der Waals surface area contributed by atoms with Gasteiger partial charge in [0.05, 0.1) is 6.61 Å². The molecule has 1 atom stereocenters. The number of hydrogen-bond acceptors (Lipinski definition) is 5. The maximum absolute atomic E-state index is 10.9. The van der Waals surface area contributed by atoms with E-state index in [1.165, 1.54) is 64.2 Å². The molecule has 1 N–H and O–H groups in total. The van der Waals surface area contributed by atoms with Gasteiger partial charge in [0, 0.05) is 12.8 Å². The third-order valence-corrected chi connectivity index (χ3v) is 6.81. The Balaban J connectivity index is -0.000000262. The average molecular weight is 585 g/mol. The molecule has 0 aliphatic carbocycles. The van der Waals surface area contributed by atoms with Crippen molar-refractivity contribution in [3.63, 3.8) is 0 Å². The number of ketones is 1. The highest BCUT2D eigenvalue weighted by molar-refractivity contribution is 7.79. The summed E-state index contributed by atoms with van der Waals surface area (Å²) >= 11 is 3.98. The summed E-state index contributed by atoms with van der Waals surface area (Å²) in [6, 6.07) is 0. The van der Waals surface area contributed by atoms with Gasteiger partial charge in [-0.05, 0) is 50.0 Å². The summed E-state index contributed by atoms with van der Waals surface area (Å²) in [5.41, 5.74) is 1.63. The van der Waals surface area contributed by atoms with Crippen LogP contribution in [0, 0.1) is 11.3 Å². The summed E-state index contributed by atoms with van der Waals surface area (Å²) in [4.78, 5) is 10.9. The van der Waals surface area contributed by atoms with Crippen molar-refractivity contribution < 1.29 is 9.53 Å². The molecule has 0 aromatic heterocycles. The van der Waals surface area contributed by atoms with Gasteiger partial charge in [-0.15, -0.1) is 0 Å². The zero-order valence-electron chi connectivity index (χ0n) is 28.8. The van der Waals surface area contributed by atoms with E-state index in [4.69, 9.17) is 10.1 Å². The first kappa shape index (κ1) is 45.9. The highest BCUT2D eigenvalue weighted by atomic mass is 32.1. The maximum Gasteiger partial charge on any atom is 0.233 e. The Morgan fingerprint density at radius 1 is 0.800 bits per heavy atom. The van der Waals surface area contributed by atoms with E-state index in [1.54, 1.807) is 0 Å². The van der Waals surface area contributed by atoms with Crippen LogP contribution in [0.2, 0.25) is 0 Å². The van der Waals surface area contributed by atoms with Gasteiger partial charge in [-0.25, -0.2) is 4.40 Å². The second-order valence-electron chi connectivity index (χ2n) is 10.3. The van der Waals surface area contributed by atoms with E-state index in [9.17, 15) is 4.79 Å². The molecular weight excluding hydrogens is 512 g/mol.